The summed E-state index contributed by atoms with van der Waals surface area (Å²) in [7, 11) is 1.78. The molecule has 1 aromatic rings. The normalized spacial score (nSPS) is 19.4. The minimum Gasteiger partial charge on any atom is -0.384 e. The molecule has 0 bridgehead atoms. The van der Waals surface area contributed by atoms with Crippen LogP contribution in [0.15, 0.2) is 18.3 Å². The molecule has 1 unspecified atom stereocenters. The number of nitrogens with zero attached hydrogens (tertiary/aromatic N) is 2. The van der Waals surface area contributed by atoms with Gasteiger partial charge in [-0.2, -0.15) is 0 Å². The predicted molar refractivity (Wildman–Crippen MR) is 78.4 cm³/mol. The maximum atomic E-state index is 5.26. The number of hydrogen-bond donors (Lipinski definition) is 1. The maximum Gasteiger partial charge on any atom is 0.133 e. The topological polar surface area (TPSA) is 37.4 Å². The van der Waals surface area contributed by atoms with Crippen LogP contribution in [0.1, 0.15) is 25.8 Å². The molecule has 1 saturated heterocycles. The van der Waals surface area contributed by atoms with Gasteiger partial charge in [-0.1, -0.05) is 19.9 Å². The van der Waals surface area contributed by atoms with Crippen molar-refractivity contribution < 1.29 is 4.74 Å². The Hall–Kier alpha value is -1.13. The van der Waals surface area contributed by atoms with Crippen molar-refractivity contribution in [3.05, 3.63) is 23.9 Å². The number of aromatic nitrogens is 1. The zero-order chi connectivity index (χ0) is 13.7. The van der Waals surface area contributed by atoms with Crippen LogP contribution in [0, 0.1) is 5.92 Å². The van der Waals surface area contributed by atoms with Crippen LogP contribution < -0.4 is 10.2 Å². The van der Waals surface area contributed by atoms with E-state index in [-0.39, 0.29) is 0 Å². The van der Waals surface area contributed by atoms with E-state index in [1.54, 1.807) is 7.11 Å². The highest BCUT2D eigenvalue weighted by molar-refractivity contribution is 5.47. The van der Waals surface area contributed by atoms with E-state index >= 15 is 0 Å². The van der Waals surface area contributed by atoms with Gasteiger partial charge in [-0.25, -0.2) is 4.98 Å². The second-order valence-electron chi connectivity index (χ2n) is 5.58. The molecule has 1 N–H and O–H groups in total. The lowest BCUT2D eigenvalue weighted by Gasteiger charge is -2.21. The van der Waals surface area contributed by atoms with Gasteiger partial charge in [-0.05, 0) is 12.5 Å². The first-order chi connectivity index (χ1) is 9.20. The molecule has 4 nitrogen and oxygen atoms in total. The van der Waals surface area contributed by atoms with Crippen molar-refractivity contribution in [3.8, 4) is 0 Å². The van der Waals surface area contributed by atoms with Crippen molar-refractivity contribution in [1.82, 2.24) is 10.3 Å². The third-order valence-corrected chi connectivity index (χ3v) is 3.56. The SMILES string of the molecule is COCC1CCN(c2ncccc2CNC(C)C)C1. The fourth-order valence-electron chi connectivity index (χ4n) is 2.56. The first kappa shape index (κ1) is 14.3. The standard InChI is InChI=1S/C15H25N3O/c1-12(2)17-9-14-5-4-7-16-15(14)18-8-6-13(10-18)11-19-3/h4-5,7,12-13,17H,6,8-11H2,1-3H3. The van der Waals surface area contributed by atoms with Gasteiger partial charge in [0.25, 0.3) is 0 Å². The number of nitrogens with one attached hydrogen (secondary N) is 1. The Balaban J connectivity index is 2.03. The maximum absolute atomic E-state index is 5.26. The third kappa shape index (κ3) is 3.91. The van der Waals surface area contributed by atoms with E-state index in [2.05, 4.69) is 35.1 Å². The average Bonchev–Trinajstić information content (AvgIpc) is 2.85. The van der Waals surface area contributed by atoms with Crippen molar-refractivity contribution in [2.24, 2.45) is 5.92 Å². The molecule has 0 saturated carbocycles. The summed E-state index contributed by atoms with van der Waals surface area (Å²) < 4.78 is 5.26. The quantitative estimate of drug-likeness (QED) is 0.852. The van der Waals surface area contributed by atoms with E-state index in [1.807, 2.05) is 12.3 Å². The van der Waals surface area contributed by atoms with Gasteiger partial charge in [0.1, 0.15) is 5.82 Å². The molecule has 0 radical (unpaired) electrons. The molecule has 0 aliphatic carbocycles. The summed E-state index contributed by atoms with van der Waals surface area (Å²) in [5, 5.41) is 3.47. The molecule has 1 atom stereocenters. The zero-order valence-corrected chi connectivity index (χ0v) is 12.2. The van der Waals surface area contributed by atoms with Crippen LogP contribution in [0.5, 0.6) is 0 Å². The number of rotatable bonds is 6. The molecule has 4 heteroatoms. The van der Waals surface area contributed by atoms with Crippen LogP contribution in [0.2, 0.25) is 0 Å². The summed E-state index contributed by atoms with van der Waals surface area (Å²) in [4.78, 5) is 6.97. The number of methoxy groups -OCH3 is 1. The number of hydrogen-bond acceptors (Lipinski definition) is 4. The van der Waals surface area contributed by atoms with Gasteiger partial charge in [0, 0.05) is 50.5 Å². The molecule has 0 aromatic carbocycles. The van der Waals surface area contributed by atoms with Crippen LogP contribution >= 0.6 is 0 Å². The Labute approximate surface area is 116 Å². The minimum absolute atomic E-state index is 0.493. The van der Waals surface area contributed by atoms with Crippen molar-refractivity contribution in [3.63, 3.8) is 0 Å². The van der Waals surface area contributed by atoms with Crippen molar-refractivity contribution in [1.29, 1.82) is 0 Å². The van der Waals surface area contributed by atoms with E-state index < -0.39 is 0 Å². The first-order valence-electron chi connectivity index (χ1n) is 7.12. The molecule has 2 rings (SSSR count). The van der Waals surface area contributed by atoms with Crippen molar-refractivity contribution >= 4 is 5.82 Å². The number of ether oxygens (including phenoxy) is 1. The molecule has 19 heavy (non-hydrogen) atoms. The fraction of sp³-hybridized carbons (Fsp3) is 0.667. The highest BCUT2D eigenvalue weighted by atomic mass is 16.5. The molecule has 2 heterocycles. The molecule has 1 aromatic heterocycles. The van der Waals surface area contributed by atoms with E-state index in [0.29, 0.717) is 12.0 Å². The van der Waals surface area contributed by atoms with Gasteiger partial charge in [0.15, 0.2) is 0 Å². The van der Waals surface area contributed by atoms with Crippen LogP contribution in [0.4, 0.5) is 5.82 Å². The predicted octanol–water partition coefficient (Wildman–Crippen LogP) is 2.05. The summed E-state index contributed by atoms with van der Waals surface area (Å²) in [6.45, 7) is 8.20. The highest BCUT2D eigenvalue weighted by Gasteiger charge is 2.24. The second kappa shape index (κ2) is 6.87. The van der Waals surface area contributed by atoms with E-state index in [9.17, 15) is 0 Å². The highest BCUT2D eigenvalue weighted by Crippen LogP contribution is 2.25. The lowest BCUT2D eigenvalue weighted by Crippen LogP contribution is -2.27. The van der Waals surface area contributed by atoms with Crippen LogP contribution in [-0.2, 0) is 11.3 Å². The lowest BCUT2D eigenvalue weighted by atomic mass is 10.1. The molecule has 0 amide bonds. The molecule has 1 fully saturated rings. The van der Waals surface area contributed by atoms with Crippen LogP contribution in [0.25, 0.3) is 0 Å². The molecule has 106 valence electrons. The van der Waals surface area contributed by atoms with Crippen molar-refractivity contribution in [2.75, 3.05) is 31.7 Å². The molecule has 1 aliphatic heterocycles. The summed E-state index contributed by atoms with van der Waals surface area (Å²) >= 11 is 0. The fourth-order valence-corrected chi connectivity index (χ4v) is 2.56. The van der Waals surface area contributed by atoms with E-state index in [1.165, 1.54) is 12.0 Å². The van der Waals surface area contributed by atoms with Gasteiger partial charge >= 0.3 is 0 Å². The molecular formula is C15H25N3O. The van der Waals surface area contributed by atoms with Gasteiger partial charge < -0.3 is 15.0 Å². The van der Waals surface area contributed by atoms with Gasteiger partial charge in [0.2, 0.25) is 0 Å². The summed E-state index contributed by atoms with van der Waals surface area (Å²) in [6, 6.07) is 4.68. The third-order valence-electron chi connectivity index (χ3n) is 3.56. The van der Waals surface area contributed by atoms with E-state index in [4.69, 9.17) is 4.74 Å². The van der Waals surface area contributed by atoms with E-state index in [0.717, 1.165) is 32.1 Å². The Bertz CT molecular complexity index is 395. The van der Waals surface area contributed by atoms with Crippen LogP contribution in [-0.4, -0.2) is 37.8 Å². The summed E-state index contributed by atoms with van der Waals surface area (Å²) in [5.41, 5.74) is 1.29. The van der Waals surface area contributed by atoms with Crippen LogP contribution in [0.3, 0.4) is 0 Å². The minimum atomic E-state index is 0.493. The zero-order valence-electron chi connectivity index (χ0n) is 12.2. The van der Waals surface area contributed by atoms with Gasteiger partial charge in [-0.15, -0.1) is 0 Å². The average molecular weight is 263 g/mol. The second-order valence-corrected chi connectivity index (χ2v) is 5.58. The largest absolute Gasteiger partial charge is 0.384 e. The van der Waals surface area contributed by atoms with Gasteiger partial charge in [0.05, 0.1) is 6.61 Å². The molecule has 1 aliphatic rings. The van der Waals surface area contributed by atoms with Gasteiger partial charge in [-0.3, -0.25) is 0 Å². The number of anilines is 1. The smallest absolute Gasteiger partial charge is 0.133 e. The lowest BCUT2D eigenvalue weighted by molar-refractivity contribution is 0.161. The Kier molecular flexibility index (Phi) is 5.16. The first-order valence-corrected chi connectivity index (χ1v) is 7.12. The Morgan fingerprint density at radius 2 is 2.37 bits per heavy atom. The monoisotopic (exact) mass is 263 g/mol. The van der Waals surface area contributed by atoms with Crippen molar-refractivity contribution in [2.45, 2.75) is 32.9 Å². The summed E-state index contributed by atoms with van der Waals surface area (Å²) in [5.74, 6) is 1.77. The molecular weight excluding hydrogens is 238 g/mol. The summed E-state index contributed by atoms with van der Waals surface area (Å²) in [6.07, 6.45) is 3.08. The number of pyridine rings is 1. The Morgan fingerprint density at radius 1 is 1.53 bits per heavy atom. The Morgan fingerprint density at radius 3 is 3.11 bits per heavy atom. The molecule has 0 spiro atoms.